The largest absolute Gasteiger partial charge is 0.0751 e. The van der Waals surface area contributed by atoms with E-state index in [1.165, 1.54) is 0 Å². The van der Waals surface area contributed by atoms with Gasteiger partial charge in [-0.05, 0) is 18.6 Å². The predicted octanol–water partition coefficient (Wildman–Crippen LogP) is 1.19. The first-order chi connectivity index (χ1) is 3.00. The maximum Gasteiger partial charge on any atom is 0.0132 e. The van der Waals surface area contributed by atoms with E-state index in [0.29, 0.717) is 0 Å². The molecule has 1 rings (SSSR count). The van der Waals surface area contributed by atoms with Crippen molar-refractivity contribution in [2.45, 2.75) is 6.42 Å². The summed E-state index contributed by atoms with van der Waals surface area (Å²) >= 11 is 0. The van der Waals surface area contributed by atoms with E-state index < -0.39 is 0 Å². The van der Waals surface area contributed by atoms with E-state index in [4.69, 9.17) is 0 Å². The molecule has 0 aromatic rings. The number of hydrogen-bond acceptors (Lipinski definition) is 0. The lowest BCUT2D eigenvalue weighted by atomic mass is 10.2. The Hall–Kier alpha value is -0.520. The van der Waals surface area contributed by atoms with Crippen LogP contribution in [-0.2, 0) is 0 Å². The monoisotopic (exact) mass is 76.0 g/mol. The van der Waals surface area contributed by atoms with Crippen LogP contribution in [0, 0.1) is 18.6 Å². The molecular formula is C6H4. The van der Waals surface area contributed by atoms with Crippen LogP contribution in [0.3, 0.4) is 0 Å². The molecule has 0 aromatic carbocycles. The van der Waals surface area contributed by atoms with Crippen molar-refractivity contribution < 1.29 is 0 Å². The van der Waals surface area contributed by atoms with Crippen molar-refractivity contribution in [2.75, 3.05) is 0 Å². The predicted molar refractivity (Wildman–Crippen MR) is 23.5 cm³/mol. The molecule has 0 amide bonds. The molecule has 1 aliphatic carbocycles. The lowest BCUT2D eigenvalue weighted by Gasteiger charge is -1.85. The summed E-state index contributed by atoms with van der Waals surface area (Å²) in [4.78, 5) is 0. The molecule has 0 unspecified atom stereocenters. The van der Waals surface area contributed by atoms with Crippen LogP contribution in [0.15, 0.2) is 12.2 Å². The second kappa shape index (κ2) is 1.81. The molecule has 0 aliphatic heterocycles. The van der Waals surface area contributed by atoms with Gasteiger partial charge in [-0.3, -0.25) is 0 Å². The average molecular weight is 76.1 g/mol. The Balaban J connectivity index is 2.46. The van der Waals surface area contributed by atoms with E-state index in [-0.39, 0.29) is 0 Å². The van der Waals surface area contributed by atoms with Gasteiger partial charge in [-0.25, -0.2) is 0 Å². The normalized spacial score (nSPS) is 18.7. The van der Waals surface area contributed by atoms with Crippen LogP contribution in [0.25, 0.3) is 0 Å². The summed E-state index contributed by atoms with van der Waals surface area (Å²) in [6, 6.07) is 0. The Morgan fingerprint density at radius 2 is 2.33 bits per heavy atom. The first-order valence-electron chi connectivity index (χ1n) is 1.88. The molecule has 1 aliphatic rings. The molecule has 4 radical (unpaired) electrons. The van der Waals surface area contributed by atoms with Crippen LogP contribution in [0.4, 0.5) is 0 Å². The molecule has 0 aromatic heterocycles. The minimum atomic E-state index is 0.896. The van der Waals surface area contributed by atoms with Crippen molar-refractivity contribution in [2.24, 2.45) is 0 Å². The van der Waals surface area contributed by atoms with E-state index >= 15 is 0 Å². The van der Waals surface area contributed by atoms with Crippen LogP contribution in [0.5, 0.6) is 0 Å². The quantitative estimate of drug-likeness (QED) is 0.406. The lowest BCUT2D eigenvalue weighted by molar-refractivity contribution is 1.24. The summed E-state index contributed by atoms with van der Waals surface area (Å²) in [6.45, 7) is 0. The molecule has 0 spiro atoms. The summed E-state index contributed by atoms with van der Waals surface area (Å²) in [5.41, 5.74) is 0. The maximum absolute atomic E-state index is 2.93. The third-order valence-corrected chi connectivity index (χ3v) is 0.580. The smallest absolute Gasteiger partial charge is 0.0132 e. The lowest BCUT2D eigenvalue weighted by Crippen LogP contribution is -1.70. The number of allylic oxidation sites excluding steroid dienone is 4. The zero-order chi connectivity index (χ0) is 4.24. The second-order valence-electron chi connectivity index (χ2n) is 1.05. The molecule has 0 bridgehead atoms. The van der Waals surface area contributed by atoms with E-state index in [0.717, 1.165) is 6.42 Å². The first kappa shape index (κ1) is 3.66. The van der Waals surface area contributed by atoms with Gasteiger partial charge in [0.05, 0.1) is 0 Å². The van der Waals surface area contributed by atoms with Gasteiger partial charge in [0.1, 0.15) is 0 Å². The highest BCUT2D eigenvalue weighted by atomic mass is 13.8. The van der Waals surface area contributed by atoms with Crippen molar-refractivity contribution in [3.8, 4) is 0 Å². The van der Waals surface area contributed by atoms with Crippen molar-refractivity contribution in [3.05, 3.63) is 30.7 Å². The summed E-state index contributed by atoms with van der Waals surface area (Å²) in [5.74, 6) is 0. The van der Waals surface area contributed by atoms with E-state index in [9.17, 15) is 0 Å². The molecule has 0 N–H and O–H groups in total. The van der Waals surface area contributed by atoms with Crippen LogP contribution >= 0.6 is 0 Å². The highest BCUT2D eigenvalue weighted by molar-refractivity contribution is 5.04. The summed E-state index contributed by atoms with van der Waals surface area (Å²) in [7, 11) is 0. The van der Waals surface area contributed by atoms with Gasteiger partial charge >= 0.3 is 0 Å². The van der Waals surface area contributed by atoms with E-state index in [2.05, 4.69) is 18.6 Å². The first-order valence-corrected chi connectivity index (χ1v) is 1.88. The van der Waals surface area contributed by atoms with Crippen molar-refractivity contribution in [1.82, 2.24) is 0 Å². The highest BCUT2D eigenvalue weighted by Gasteiger charge is 1.80. The van der Waals surface area contributed by atoms with Gasteiger partial charge in [0.25, 0.3) is 0 Å². The Bertz CT molecular complexity index is 66.0. The topological polar surface area (TPSA) is 0 Å². The number of rotatable bonds is 0. The van der Waals surface area contributed by atoms with Gasteiger partial charge in [0.2, 0.25) is 0 Å². The van der Waals surface area contributed by atoms with E-state index in [1.54, 1.807) is 6.08 Å². The molecule has 0 heterocycles. The second-order valence-corrected chi connectivity index (χ2v) is 1.05. The fourth-order valence-corrected chi connectivity index (χ4v) is 0.321. The zero-order valence-corrected chi connectivity index (χ0v) is 3.36. The minimum absolute atomic E-state index is 0.896. The van der Waals surface area contributed by atoms with Gasteiger partial charge in [-0.1, -0.05) is 12.2 Å². The molecule has 6 heavy (non-hydrogen) atoms. The third kappa shape index (κ3) is 0.713. The van der Waals surface area contributed by atoms with E-state index in [1.807, 2.05) is 6.08 Å². The summed E-state index contributed by atoms with van der Waals surface area (Å²) in [5, 5.41) is 0. The average Bonchev–Trinajstić information content (AvgIpc) is 1.72. The highest BCUT2D eigenvalue weighted by Crippen LogP contribution is 1.95. The standard InChI is InChI=1S/C6H4/c1-2-4-6-5-3-1/h1,6H,2H2. The van der Waals surface area contributed by atoms with Gasteiger partial charge in [-0.2, -0.15) is 0 Å². The van der Waals surface area contributed by atoms with Crippen LogP contribution in [0.2, 0.25) is 0 Å². The van der Waals surface area contributed by atoms with Crippen molar-refractivity contribution in [1.29, 1.82) is 0 Å². The summed E-state index contributed by atoms with van der Waals surface area (Å²) < 4.78 is 0. The molecule has 28 valence electrons. The Kier molecular flexibility index (Phi) is 1.10. The fourth-order valence-electron chi connectivity index (χ4n) is 0.321. The molecule has 0 heteroatoms. The van der Waals surface area contributed by atoms with Crippen LogP contribution in [0.1, 0.15) is 6.42 Å². The van der Waals surface area contributed by atoms with Crippen LogP contribution < -0.4 is 0 Å². The Morgan fingerprint density at radius 1 is 1.33 bits per heavy atom. The Labute approximate surface area is 38.2 Å². The third-order valence-electron chi connectivity index (χ3n) is 0.580. The van der Waals surface area contributed by atoms with Crippen LogP contribution in [-0.4, -0.2) is 0 Å². The zero-order valence-electron chi connectivity index (χ0n) is 3.36. The maximum atomic E-state index is 2.93. The Morgan fingerprint density at radius 3 is 2.50 bits per heavy atom. The molecule has 0 nitrogen and oxygen atoms in total. The molecule has 0 atom stereocenters. The SMILES string of the molecule is [C]1C=[C][C]=CC1. The molecule has 0 saturated carbocycles. The van der Waals surface area contributed by atoms with Gasteiger partial charge in [0.15, 0.2) is 0 Å². The molecule has 0 saturated heterocycles. The molecule has 0 fully saturated rings. The van der Waals surface area contributed by atoms with Gasteiger partial charge in [0, 0.05) is 6.42 Å². The fraction of sp³-hybridized carbons (Fsp3) is 0.167. The van der Waals surface area contributed by atoms with Crippen molar-refractivity contribution in [3.63, 3.8) is 0 Å². The molecular weight excluding hydrogens is 72.1 g/mol. The van der Waals surface area contributed by atoms with Gasteiger partial charge < -0.3 is 0 Å². The summed E-state index contributed by atoms with van der Waals surface area (Å²) in [6.07, 6.45) is 13.0. The minimum Gasteiger partial charge on any atom is -0.0751 e. The number of hydrogen-bond donors (Lipinski definition) is 0. The van der Waals surface area contributed by atoms with Gasteiger partial charge in [-0.15, -0.1) is 0 Å². The van der Waals surface area contributed by atoms with Crippen molar-refractivity contribution >= 4 is 0 Å².